The first-order valence-corrected chi connectivity index (χ1v) is 10.8. The number of halogens is 2. The largest absolute Gasteiger partial charge is 0.465 e. The Morgan fingerprint density at radius 3 is 2.81 bits per heavy atom. The van der Waals surface area contributed by atoms with Crippen molar-refractivity contribution in [1.82, 2.24) is 15.2 Å². The van der Waals surface area contributed by atoms with Crippen LogP contribution >= 0.6 is 35.4 Å². The van der Waals surface area contributed by atoms with Gasteiger partial charge in [0.25, 0.3) is 0 Å². The van der Waals surface area contributed by atoms with Crippen LogP contribution in [-0.2, 0) is 9.53 Å². The van der Waals surface area contributed by atoms with E-state index in [1.165, 1.54) is 0 Å². The SMILES string of the molecule is CCOC(=O)CN1C(=S)N[C@H](c2ccccn2)[C@H]1c1ccc(-c2ccc(Cl)cc2Cl)o1. The molecular formula is C22H19Cl2N3O3S. The quantitative estimate of drug-likeness (QED) is 0.388. The number of ether oxygens (including phenoxy) is 1. The summed E-state index contributed by atoms with van der Waals surface area (Å²) in [5.74, 6) is 0.838. The highest BCUT2D eigenvalue weighted by molar-refractivity contribution is 7.80. The molecule has 0 saturated carbocycles. The van der Waals surface area contributed by atoms with Crippen LogP contribution in [0.5, 0.6) is 0 Å². The monoisotopic (exact) mass is 475 g/mol. The molecule has 0 spiro atoms. The highest BCUT2D eigenvalue weighted by Gasteiger charge is 2.42. The van der Waals surface area contributed by atoms with Gasteiger partial charge in [-0.25, -0.2) is 0 Å². The van der Waals surface area contributed by atoms with Crippen LogP contribution in [0.3, 0.4) is 0 Å². The molecule has 0 amide bonds. The van der Waals surface area contributed by atoms with E-state index in [9.17, 15) is 4.79 Å². The van der Waals surface area contributed by atoms with Crippen molar-refractivity contribution in [1.29, 1.82) is 0 Å². The van der Waals surface area contributed by atoms with E-state index in [2.05, 4.69) is 10.3 Å². The first kappa shape index (κ1) is 21.6. The van der Waals surface area contributed by atoms with E-state index < -0.39 is 6.04 Å². The van der Waals surface area contributed by atoms with E-state index in [4.69, 9.17) is 44.6 Å². The molecule has 1 aliphatic rings. The number of aromatic nitrogens is 1. The van der Waals surface area contributed by atoms with Crippen LogP contribution in [0.15, 0.2) is 59.1 Å². The molecule has 31 heavy (non-hydrogen) atoms. The number of esters is 1. The molecule has 3 heterocycles. The average molecular weight is 476 g/mol. The third kappa shape index (κ3) is 4.54. The van der Waals surface area contributed by atoms with Gasteiger partial charge in [-0.3, -0.25) is 9.78 Å². The van der Waals surface area contributed by atoms with Crippen LogP contribution in [-0.4, -0.2) is 34.1 Å². The van der Waals surface area contributed by atoms with Gasteiger partial charge in [-0.15, -0.1) is 0 Å². The van der Waals surface area contributed by atoms with Gasteiger partial charge in [-0.2, -0.15) is 0 Å². The van der Waals surface area contributed by atoms with Gasteiger partial charge in [-0.05, 0) is 61.6 Å². The van der Waals surface area contributed by atoms with Crippen LogP contribution in [0.4, 0.5) is 0 Å². The molecular weight excluding hydrogens is 457 g/mol. The van der Waals surface area contributed by atoms with E-state index in [-0.39, 0.29) is 18.6 Å². The van der Waals surface area contributed by atoms with E-state index in [0.717, 1.165) is 11.3 Å². The maximum atomic E-state index is 12.2. The standard InChI is InChI=1S/C22H19Cl2N3O3S/c1-2-29-19(28)12-27-21(20(26-22(27)31)16-5-3-4-10-25-16)18-9-8-17(30-18)14-7-6-13(23)11-15(14)24/h3-11,20-21H,2,12H2,1H3,(H,26,31)/t20-,21-/m1/s1. The summed E-state index contributed by atoms with van der Waals surface area (Å²) in [6.07, 6.45) is 1.71. The van der Waals surface area contributed by atoms with Crippen LogP contribution in [0, 0.1) is 0 Å². The van der Waals surface area contributed by atoms with Crippen LogP contribution in [0.1, 0.15) is 30.5 Å². The van der Waals surface area contributed by atoms with Crippen LogP contribution in [0.25, 0.3) is 11.3 Å². The minimum Gasteiger partial charge on any atom is -0.465 e. The lowest BCUT2D eigenvalue weighted by Gasteiger charge is -2.25. The molecule has 0 bridgehead atoms. The van der Waals surface area contributed by atoms with E-state index >= 15 is 0 Å². The molecule has 6 nitrogen and oxygen atoms in total. The van der Waals surface area contributed by atoms with Crippen molar-refractivity contribution in [3.63, 3.8) is 0 Å². The Kier molecular flexibility index (Phi) is 6.46. The van der Waals surface area contributed by atoms with Gasteiger partial charge in [0.05, 0.1) is 23.4 Å². The molecule has 2 atom stereocenters. The third-order valence-electron chi connectivity index (χ3n) is 4.92. The Hall–Kier alpha value is -2.61. The van der Waals surface area contributed by atoms with Gasteiger partial charge < -0.3 is 19.4 Å². The van der Waals surface area contributed by atoms with Gasteiger partial charge in [0, 0.05) is 16.8 Å². The molecule has 9 heteroatoms. The second-order valence-corrected chi connectivity index (χ2v) is 8.12. The number of nitrogens with zero attached hydrogens (tertiary/aromatic N) is 2. The molecule has 160 valence electrons. The van der Waals surface area contributed by atoms with Crippen molar-refractivity contribution in [2.45, 2.75) is 19.0 Å². The molecule has 0 radical (unpaired) electrons. The molecule has 2 aromatic heterocycles. The number of carbonyl (C=O) groups is 1. The molecule has 3 aromatic rings. The fourth-order valence-electron chi connectivity index (χ4n) is 3.58. The van der Waals surface area contributed by atoms with Crippen molar-refractivity contribution in [2.75, 3.05) is 13.2 Å². The molecule has 1 saturated heterocycles. The second-order valence-electron chi connectivity index (χ2n) is 6.89. The van der Waals surface area contributed by atoms with E-state index in [1.54, 1.807) is 36.2 Å². The zero-order valence-corrected chi connectivity index (χ0v) is 18.9. The van der Waals surface area contributed by atoms with Crippen molar-refractivity contribution >= 4 is 46.5 Å². The number of hydrogen-bond donors (Lipinski definition) is 1. The zero-order chi connectivity index (χ0) is 22.0. The average Bonchev–Trinajstić information content (AvgIpc) is 3.34. The van der Waals surface area contributed by atoms with Gasteiger partial charge in [0.2, 0.25) is 0 Å². The summed E-state index contributed by atoms with van der Waals surface area (Å²) in [5, 5.41) is 4.72. The highest BCUT2D eigenvalue weighted by atomic mass is 35.5. The molecule has 0 aliphatic carbocycles. The fraction of sp³-hybridized carbons (Fsp3) is 0.227. The number of carbonyl (C=O) groups excluding carboxylic acids is 1. The summed E-state index contributed by atoms with van der Waals surface area (Å²) in [4.78, 5) is 18.5. The van der Waals surface area contributed by atoms with Crippen molar-refractivity contribution in [3.8, 4) is 11.3 Å². The number of benzene rings is 1. The topological polar surface area (TPSA) is 67.6 Å². The van der Waals surface area contributed by atoms with Gasteiger partial charge in [0.15, 0.2) is 5.11 Å². The first-order chi connectivity index (χ1) is 15.0. The number of pyridine rings is 1. The number of nitrogens with one attached hydrogen (secondary N) is 1. The van der Waals surface area contributed by atoms with Crippen LogP contribution < -0.4 is 5.32 Å². The normalized spacial score (nSPS) is 18.2. The Morgan fingerprint density at radius 2 is 2.10 bits per heavy atom. The smallest absolute Gasteiger partial charge is 0.325 e. The van der Waals surface area contributed by atoms with Gasteiger partial charge in [0.1, 0.15) is 24.1 Å². The molecule has 4 rings (SSSR count). The summed E-state index contributed by atoms with van der Waals surface area (Å²) in [6.45, 7) is 2.05. The predicted octanol–water partition coefficient (Wildman–Crippen LogP) is 5.18. The lowest BCUT2D eigenvalue weighted by molar-refractivity contribution is -0.143. The number of hydrogen-bond acceptors (Lipinski definition) is 5. The minimum absolute atomic E-state index is 0.00852. The van der Waals surface area contributed by atoms with Gasteiger partial charge in [-0.1, -0.05) is 29.3 Å². The lowest BCUT2D eigenvalue weighted by Crippen LogP contribution is -2.35. The summed E-state index contributed by atoms with van der Waals surface area (Å²) < 4.78 is 11.3. The minimum atomic E-state index is -0.397. The molecule has 1 fully saturated rings. The van der Waals surface area contributed by atoms with Crippen molar-refractivity contribution in [2.24, 2.45) is 0 Å². The Bertz CT molecular complexity index is 1110. The molecule has 1 aromatic carbocycles. The second kappa shape index (κ2) is 9.26. The zero-order valence-electron chi connectivity index (χ0n) is 16.5. The summed E-state index contributed by atoms with van der Waals surface area (Å²) in [6, 6.07) is 13.9. The Labute approximate surface area is 195 Å². The predicted molar refractivity (Wildman–Crippen MR) is 123 cm³/mol. The highest BCUT2D eigenvalue weighted by Crippen LogP contribution is 2.41. The molecule has 1 N–H and O–H groups in total. The molecule has 0 unspecified atom stereocenters. The van der Waals surface area contributed by atoms with Gasteiger partial charge >= 0.3 is 5.97 Å². The third-order valence-corrected chi connectivity index (χ3v) is 5.82. The summed E-state index contributed by atoms with van der Waals surface area (Å²) >= 11 is 17.9. The number of thiocarbonyl (C=S) groups is 1. The first-order valence-electron chi connectivity index (χ1n) is 9.66. The van der Waals surface area contributed by atoms with E-state index in [0.29, 0.717) is 33.3 Å². The number of rotatable bonds is 6. The lowest BCUT2D eigenvalue weighted by atomic mass is 10.0. The molecule has 1 aliphatic heterocycles. The number of furan rings is 1. The fourth-order valence-corrected chi connectivity index (χ4v) is 4.38. The Morgan fingerprint density at radius 1 is 1.26 bits per heavy atom. The van der Waals surface area contributed by atoms with E-state index in [1.807, 2.05) is 30.3 Å². The Balaban J connectivity index is 1.72. The van der Waals surface area contributed by atoms with Crippen LogP contribution in [0.2, 0.25) is 10.0 Å². The van der Waals surface area contributed by atoms with Crippen molar-refractivity contribution in [3.05, 3.63) is 76.2 Å². The maximum absolute atomic E-state index is 12.2. The van der Waals surface area contributed by atoms with Crippen molar-refractivity contribution < 1.29 is 13.9 Å². The summed E-state index contributed by atoms with van der Waals surface area (Å²) in [7, 11) is 0. The summed E-state index contributed by atoms with van der Waals surface area (Å²) in [5.41, 5.74) is 1.50. The maximum Gasteiger partial charge on any atom is 0.325 e.